The molecule has 5 N–H and O–H groups in total. The highest BCUT2D eigenvalue weighted by molar-refractivity contribution is 7.85. The Morgan fingerprint density at radius 1 is 0.500 bits per heavy atom. The van der Waals surface area contributed by atoms with E-state index in [1.807, 2.05) is 0 Å². The minimum Gasteiger partial charge on any atom is -0.479 e. The third-order valence-corrected chi connectivity index (χ3v) is 10.3. The van der Waals surface area contributed by atoms with E-state index in [1.54, 1.807) is 0 Å². The lowest BCUT2D eigenvalue weighted by atomic mass is 9.95. The molecule has 29 nitrogen and oxygen atoms in total. The normalized spacial score (nSPS) is 36.8. The van der Waals surface area contributed by atoms with Crippen molar-refractivity contribution in [2.24, 2.45) is 0 Å². The molecule has 342 valence electrons. The van der Waals surface area contributed by atoms with Crippen molar-refractivity contribution in [1.29, 1.82) is 0 Å². The number of methoxy groups -OCH3 is 6. The summed E-state index contributed by atoms with van der Waals surface area (Å²) in [6.07, 6.45) is -26.6. The standard InChI is InChI=1S/C25H44O29S4/c1-40-12-10(7-47-56(31,32)33)50-24(19(43-4)14(12)41-2)52-17-15(42-3)20(44-5)25(53-18(17)22(26)27)51-13-11(8-48-57(34,35)36)49-23(45-6)21(54-58(37,38)39)16(13)46-9-55(28,29)30/h10-21,23-25H,7-9H2,1-6H3,(H,26,27)(H,28,29,30)(H,31,32,33)(H,34,35,36)(H,37,38,39)/t10-,11-,12-,13-,14+,15+,16+,17+,18+,19-,20-,21-,23+,24-,25-/m1/s1. The van der Waals surface area contributed by atoms with Gasteiger partial charge < -0.3 is 61.9 Å². The molecule has 0 aliphatic carbocycles. The average molecular weight is 937 g/mol. The highest BCUT2D eigenvalue weighted by Gasteiger charge is 2.58. The van der Waals surface area contributed by atoms with Crippen LogP contribution in [-0.2, 0) is 116 Å². The molecular weight excluding hydrogens is 893 g/mol. The Kier molecular flexibility index (Phi) is 18.5. The largest absolute Gasteiger partial charge is 0.479 e. The Bertz CT molecular complexity index is 1780. The van der Waals surface area contributed by atoms with E-state index in [0.717, 1.165) is 21.3 Å². The van der Waals surface area contributed by atoms with Gasteiger partial charge in [0, 0.05) is 42.7 Å². The fraction of sp³-hybridized carbons (Fsp3) is 0.960. The lowest BCUT2D eigenvalue weighted by molar-refractivity contribution is -0.378. The number of hydrogen-bond donors (Lipinski definition) is 5. The predicted molar refractivity (Wildman–Crippen MR) is 177 cm³/mol. The number of carbonyl (C=O) groups is 1. The van der Waals surface area contributed by atoms with E-state index in [4.69, 9.17) is 61.4 Å². The van der Waals surface area contributed by atoms with Gasteiger partial charge in [0.05, 0.1) is 13.2 Å². The molecule has 3 aliphatic heterocycles. The zero-order valence-electron chi connectivity index (χ0n) is 30.9. The summed E-state index contributed by atoms with van der Waals surface area (Å²) in [7, 11) is -14.3. The molecule has 3 fully saturated rings. The van der Waals surface area contributed by atoms with Gasteiger partial charge >= 0.3 is 37.2 Å². The third-order valence-electron chi connectivity index (χ3n) is 8.50. The molecular formula is C25H44O29S4. The van der Waals surface area contributed by atoms with E-state index in [9.17, 15) is 57.2 Å². The predicted octanol–water partition coefficient (Wildman–Crippen LogP) is -4.21. The molecule has 0 spiro atoms. The minimum absolute atomic E-state index is 0.875. The monoisotopic (exact) mass is 936 g/mol. The number of carboxylic acid groups (broad SMARTS) is 1. The van der Waals surface area contributed by atoms with Crippen LogP contribution in [0.2, 0.25) is 0 Å². The lowest BCUT2D eigenvalue weighted by Gasteiger charge is -2.50. The Labute approximate surface area is 331 Å². The van der Waals surface area contributed by atoms with Crippen LogP contribution < -0.4 is 0 Å². The van der Waals surface area contributed by atoms with Crippen molar-refractivity contribution < 1.29 is 131 Å². The first-order valence-electron chi connectivity index (χ1n) is 15.9. The van der Waals surface area contributed by atoms with E-state index >= 15 is 0 Å². The van der Waals surface area contributed by atoms with E-state index < -0.39 is 159 Å². The molecule has 15 atom stereocenters. The highest BCUT2D eigenvalue weighted by Crippen LogP contribution is 2.37. The van der Waals surface area contributed by atoms with Crippen molar-refractivity contribution in [1.82, 2.24) is 0 Å². The Morgan fingerprint density at radius 3 is 1.34 bits per heavy atom. The molecule has 0 bridgehead atoms. The average Bonchev–Trinajstić information content (AvgIpc) is 3.10. The van der Waals surface area contributed by atoms with Gasteiger partial charge in [-0.25, -0.2) is 17.3 Å². The van der Waals surface area contributed by atoms with Gasteiger partial charge in [-0.3, -0.25) is 18.2 Å². The van der Waals surface area contributed by atoms with Crippen LogP contribution in [-0.4, -0.2) is 217 Å². The maximum Gasteiger partial charge on any atom is 0.397 e. The van der Waals surface area contributed by atoms with Gasteiger partial charge in [-0.2, -0.15) is 33.7 Å². The highest BCUT2D eigenvalue weighted by atomic mass is 32.3. The van der Waals surface area contributed by atoms with Crippen molar-refractivity contribution in [3.8, 4) is 0 Å². The van der Waals surface area contributed by atoms with Crippen molar-refractivity contribution in [3.63, 3.8) is 0 Å². The zero-order chi connectivity index (χ0) is 44.0. The summed E-state index contributed by atoms with van der Waals surface area (Å²) >= 11 is 0. The number of ether oxygens (including phenoxy) is 12. The summed E-state index contributed by atoms with van der Waals surface area (Å²) < 4.78 is 211. The number of aliphatic carboxylic acids is 1. The molecule has 33 heteroatoms. The molecule has 0 radical (unpaired) electrons. The molecule has 3 aliphatic rings. The fourth-order valence-corrected chi connectivity index (χ4v) is 7.71. The molecule has 3 saturated heterocycles. The molecule has 0 aromatic heterocycles. The van der Waals surface area contributed by atoms with Crippen molar-refractivity contribution >= 4 is 47.3 Å². The summed E-state index contributed by atoms with van der Waals surface area (Å²) in [4.78, 5) is 12.8. The Hall–Kier alpha value is -1.49. The Morgan fingerprint density at radius 2 is 0.931 bits per heavy atom. The van der Waals surface area contributed by atoms with Crippen LogP contribution in [0.15, 0.2) is 0 Å². The van der Waals surface area contributed by atoms with Crippen LogP contribution in [0.4, 0.5) is 0 Å². The molecule has 58 heavy (non-hydrogen) atoms. The summed E-state index contributed by atoms with van der Waals surface area (Å²) in [5, 5.41) is 10.4. The van der Waals surface area contributed by atoms with E-state index in [2.05, 4.69) is 12.5 Å². The van der Waals surface area contributed by atoms with Crippen LogP contribution in [0.1, 0.15) is 0 Å². The second kappa shape index (κ2) is 21.1. The molecule has 0 aromatic rings. The van der Waals surface area contributed by atoms with Gasteiger partial charge in [-0.15, -0.1) is 0 Å². The maximum absolute atomic E-state index is 12.8. The van der Waals surface area contributed by atoms with Crippen LogP contribution in [0.5, 0.6) is 0 Å². The molecule has 0 aromatic carbocycles. The summed E-state index contributed by atoms with van der Waals surface area (Å²) in [5.74, 6) is -3.44. The van der Waals surface area contributed by atoms with Gasteiger partial charge in [-0.1, -0.05) is 0 Å². The summed E-state index contributed by atoms with van der Waals surface area (Å²) in [6, 6.07) is 0. The van der Waals surface area contributed by atoms with Gasteiger partial charge in [0.1, 0.15) is 61.0 Å². The molecule has 0 unspecified atom stereocenters. The SMILES string of the molecule is CO[C@H]1O[C@H](COS(=O)(=O)O)[C@@H](O[C@@H]2O[C@H](C(=O)O)[C@@H](O[C@H]3O[C@H](COS(=O)(=O)O)[C@@H](OC)[C@H](OC)[C@H]3OC)[C@H](OC)[C@H]2OC)[C@H](OCS(=O)(=O)O)[C@H]1OS(=O)(=O)O. The maximum atomic E-state index is 12.8. The van der Waals surface area contributed by atoms with Crippen molar-refractivity contribution in [3.05, 3.63) is 0 Å². The van der Waals surface area contributed by atoms with E-state index in [0.29, 0.717) is 0 Å². The molecule has 0 amide bonds. The van der Waals surface area contributed by atoms with Gasteiger partial charge in [0.25, 0.3) is 10.1 Å². The smallest absolute Gasteiger partial charge is 0.397 e. The van der Waals surface area contributed by atoms with Gasteiger partial charge in [0.15, 0.2) is 37.0 Å². The topological polar surface area (TPSA) is 393 Å². The second-order valence-corrected chi connectivity index (χ2v) is 16.7. The van der Waals surface area contributed by atoms with Gasteiger partial charge in [0.2, 0.25) is 0 Å². The quantitative estimate of drug-likeness (QED) is 0.0642. The first kappa shape index (κ1) is 50.9. The number of rotatable bonds is 22. The first-order chi connectivity index (χ1) is 26.8. The van der Waals surface area contributed by atoms with Crippen LogP contribution in [0.3, 0.4) is 0 Å². The third kappa shape index (κ3) is 14.0. The van der Waals surface area contributed by atoms with Crippen LogP contribution >= 0.6 is 0 Å². The number of hydrogen-bond acceptors (Lipinski definition) is 24. The Balaban J connectivity index is 2.10. The number of carboxylic acids is 1. The molecule has 0 saturated carbocycles. The fourth-order valence-electron chi connectivity index (χ4n) is 6.29. The second-order valence-electron chi connectivity index (χ2n) is 12.0. The summed E-state index contributed by atoms with van der Waals surface area (Å²) in [5.41, 5.74) is 0. The minimum atomic E-state index is -5.50. The van der Waals surface area contributed by atoms with Crippen LogP contribution in [0, 0.1) is 0 Å². The zero-order valence-corrected chi connectivity index (χ0v) is 34.2. The van der Waals surface area contributed by atoms with Crippen molar-refractivity contribution in [2.45, 2.75) is 92.1 Å². The van der Waals surface area contributed by atoms with Crippen molar-refractivity contribution in [2.75, 3.05) is 61.8 Å². The first-order valence-corrected chi connectivity index (χ1v) is 21.6. The van der Waals surface area contributed by atoms with E-state index in [1.165, 1.54) is 21.3 Å². The lowest BCUT2D eigenvalue weighted by Crippen LogP contribution is -2.68. The van der Waals surface area contributed by atoms with Crippen LogP contribution in [0.25, 0.3) is 0 Å². The summed E-state index contributed by atoms with van der Waals surface area (Å²) in [6.45, 7) is -2.12. The van der Waals surface area contributed by atoms with Gasteiger partial charge in [-0.05, 0) is 0 Å². The molecule has 3 rings (SSSR count). The van der Waals surface area contributed by atoms with E-state index in [-0.39, 0.29) is 0 Å². The molecule has 3 heterocycles.